The molecule has 0 aliphatic heterocycles. The van der Waals surface area contributed by atoms with E-state index in [1.807, 2.05) is 12.1 Å². The third-order valence-electron chi connectivity index (χ3n) is 3.81. The summed E-state index contributed by atoms with van der Waals surface area (Å²) in [5, 5.41) is 0.646. The Morgan fingerprint density at radius 2 is 1.96 bits per heavy atom. The summed E-state index contributed by atoms with van der Waals surface area (Å²) in [5.41, 5.74) is 1.03. The highest BCUT2D eigenvalue weighted by Crippen LogP contribution is 2.29. The molecule has 1 N–H and O–H groups in total. The Labute approximate surface area is 158 Å². The Hall–Kier alpha value is -2.64. The summed E-state index contributed by atoms with van der Waals surface area (Å²) < 4.78 is 9.86. The number of benzene rings is 1. The molecule has 0 amide bonds. The molecular formula is C18H15ClN2O4S. The average Bonchev–Trinajstić information content (AvgIpc) is 2.98. The third-order valence-corrected chi connectivity index (χ3v) is 5.26. The number of carbonyl (C=O) groups excluding carboxylic acids is 1. The molecule has 26 heavy (non-hydrogen) atoms. The number of aromatic nitrogens is 2. The summed E-state index contributed by atoms with van der Waals surface area (Å²) in [5.74, 6) is 0.472. The predicted molar refractivity (Wildman–Crippen MR) is 103 cm³/mol. The number of esters is 1. The van der Waals surface area contributed by atoms with Crippen LogP contribution >= 0.6 is 22.9 Å². The Balaban J connectivity index is 2.06. The molecule has 2 heterocycles. The Morgan fingerprint density at radius 1 is 1.27 bits per heavy atom. The van der Waals surface area contributed by atoms with Crippen molar-refractivity contribution < 1.29 is 14.3 Å². The zero-order valence-electron chi connectivity index (χ0n) is 14.3. The van der Waals surface area contributed by atoms with Crippen LogP contribution in [0.2, 0.25) is 0 Å². The van der Waals surface area contributed by atoms with Crippen molar-refractivity contribution >= 4 is 50.2 Å². The first-order valence-corrected chi connectivity index (χ1v) is 8.77. The minimum Gasteiger partial charge on any atom is -0.497 e. The molecule has 6 nitrogen and oxygen atoms in total. The zero-order valence-corrected chi connectivity index (χ0v) is 15.8. The van der Waals surface area contributed by atoms with Crippen LogP contribution in [0.1, 0.15) is 26.6 Å². The lowest BCUT2D eigenvalue weighted by Gasteiger charge is -2.02. The van der Waals surface area contributed by atoms with Crippen LogP contribution in [0.25, 0.3) is 21.3 Å². The number of ether oxygens (including phenoxy) is 2. The lowest BCUT2D eigenvalue weighted by atomic mass is 10.2. The van der Waals surface area contributed by atoms with E-state index in [4.69, 9.17) is 21.1 Å². The largest absolute Gasteiger partial charge is 0.497 e. The maximum atomic E-state index is 12.4. The van der Waals surface area contributed by atoms with Gasteiger partial charge in [-0.05, 0) is 36.3 Å². The van der Waals surface area contributed by atoms with Crippen LogP contribution in [0, 0.1) is 6.92 Å². The highest BCUT2D eigenvalue weighted by molar-refractivity contribution is 7.20. The average molecular weight is 391 g/mol. The van der Waals surface area contributed by atoms with Crippen LogP contribution in [-0.2, 0) is 4.74 Å². The lowest BCUT2D eigenvalue weighted by Crippen LogP contribution is -2.10. The number of fused-ring (bicyclic) bond motifs is 1. The molecule has 0 atom stereocenters. The van der Waals surface area contributed by atoms with Gasteiger partial charge in [0.1, 0.15) is 15.5 Å². The van der Waals surface area contributed by atoms with Gasteiger partial charge >= 0.3 is 5.97 Å². The summed E-state index contributed by atoms with van der Waals surface area (Å²) in [7, 11) is 2.89. The molecular weight excluding hydrogens is 376 g/mol. The minimum atomic E-state index is -0.494. The molecule has 134 valence electrons. The van der Waals surface area contributed by atoms with Gasteiger partial charge in [0.2, 0.25) is 0 Å². The van der Waals surface area contributed by atoms with Crippen molar-refractivity contribution in [3.05, 3.63) is 56.4 Å². The summed E-state index contributed by atoms with van der Waals surface area (Å²) in [4.78, 5) is 32.1. The molecule has 0 saturated carbocycles. The second-order valence-electron chi connectivity index (χ2n) is 5.41. The number of aromatic amines is 1. The molecule has 0 bridgehead atoms. The second-order valence-corrected chi connectivity index (χ2v) is 6.81. The molecule has 3 aromatic rings. The smallest absolute Gasteiger partial charge is 0.348 e. The second kappa shape index (κ2) is 7.31. The van der Waals surface area contributed by atoms with E-state index in [1.165, 1.54) is 7.11 Å². The number of nitrogens with one attached hydrogen (secondary N) is 1. The minimum absolute atomic E-state index is 0.234. The Morgan fingerprint density at radius 3 is 2.58 bits per heavy atom. The molecule has 0 unspecified atom stereocenters. The topological polar surface area (TPSA) is 81.3 Å². The van der Waals surface area contributed by atoms with Gasteiger partial charge in [-0.3, -0.25) is 4.79 Å². The maximum absolute atomic E-state index is 12.4. The van der Waals surface area contributed by atoms with E-state index in [0.717, 1.165) is 22.6 Å². The number of thiophene rings is 1. The lowest BCUT2D eigenvalue weighted by molar-refractivity contribution is 0.0605. The standard InChI is InChI=1S/C18H15ClN2O4S/c1-9-13-16(22)20-15(21-17(13)26-14(9)18(23)25-3)12(19)8-10-4-6-11(24-2)7-5-10/h4-8H,1-3H3,(H,20,21,22). The van der Waals surface area contributed by atoms with Gasteiger partial charge < -0.3 is 14.5 Å². The first kappa shape index (κ1) is 18.2. The van der Waals surface area contributed by atoms with Crippen LogP contribution in [0.5, 0.6) is 5.75 Å². The third kappa shape index (κ3) is 3.36. The van der Waals surface area contributed by atoms with Crippen molar-refractivity contribution in [3.8, 4) is 5.75 Å². The number of nitrogens with zero attached hydrogens (tertiary/aromatic N) is 1. The Kier molecular flexibility index (Phi) is 5.11. The van der Waals surface area contributed by atoms with Crippen molar-refractivity contribution in [2.45, 2.75) is 6.92 Å². The number of carbonyl (C=O) groups is 1. The van der Waals surface area contributed by atoms with E-state index < -0.39 is 5.97 Å². The van der Waals surface area contributed by atoms with Gasteiger partial charge in [0.05, 0.1) is 24.6 Å². The van der Waals surface area contributed by atoms with E-state index in [-0.39, 0.29) is 16.4 Å². The van der Waals surface area contributed by atoms with Gasteiger partial charge in [-0.1, -0.05) is 23.7 Å². The number of methoxy groups -OCH3 is 2. The van der Waals surface area contributed by atoms with Crippen molar-refractivity contribution in [1.29, 1.82) is 0 Å². The first-order chi connectivity index (χ1) is 12.4. The van der Waals surface area contributed by atoms with Gasteiger partial charge in [-0.25, -0.2) is 9.78 Å². The van der Waals surface area contributed by atoms with E-state index in [0.29, 0.717) is 20.7 Å². The molecule has 1 aromatic carbocycles. The van der Waals surface area contributed by atoms with E-state index in [2.05, 4.69) is 9.97 Å². The fourth-order valence-corrected chi connectivity index (χ4v) is 3.77. The quantitative estimate of drug-likeness (QED) is 0.685. The number of hydrogen-bond donors (Lipinski definition) is 1. The Bertz CT molecular complexity index is 1070. The molecule has 0 spiro atoms. The van der Waals surface area contributed by atoms with Gasteiger partial charge in [0.15, 0.2) is 5.82 Å². The van der Waals surface area contributed by atoms with Crippen LogP contribution in [0.3, 0.4) is 0 Å². The molecule has 8 heteroatoms. The van der Waals surface area contributed by atoms with E-state index in [1.54, 1.807) is 32.2 Å². The summed E-state index contributed by atoms with van der Waals surface area (Å²) in [6.45, 7) is 1.69. The number of rotatable bonds is 4. The number of hydrogen-bond acceptors (Lipinski definition) is 6. The number of H-pyrrole nitrogens is 1. The number of halogens is 1. The van der Waals surface area contributed by atoms with Gasteiger partial charge in [-0.2, -0.15) is 0 Å². The SMILES string of the molecule is COC(=O)c1sc2nc(C(Cl)=Cc3ccc(OC)cc3)[nH]c(=O)c2c1C. The zero-order chi connectivity index (χ0) is 18.8. The highest BCUT2D eigenvalue weighted by Gasteiger charge is 2.20. The van der Waals surface area contributed by atoms with Crippen LogP contribution in [0.15, 0.2) is 29.1 Å². The van der Waals surface area contributed by atoms with Crippen molar-refractivity contribution in [2.24, 2.45) is 0 Å². The summed E-state index contributed by atoms with van der Waals surface area (Å²) in [6.07, 6.45) is 1.69. The molecule has 0 aliphatic rings. The fraction of sp³-hybridized carbons (Fsp3) is 0.167. The van der Waals surface area contributed by atoms with Gasteiger partial charge in [0.25, 0.3) is 5.56 Å². The predicted octanol–water partition coefficient (Wildman–Crippen LogP) is 3.83. The maximum Gasteiger partial charge on any atom is 0.348 e. The van der Waals surface area contributed by atoms with Crippen LogP contribution < -0.4 is 10.3 Å². The van der Waals surface area contributed by atoms with Gasteiger partial charge in [0, 0.05) is 0 Å². The molecule has 0 fully saturated rings. The van der Waals surface area contributed by atoms with Crippen molar-refractivity contribution in [2.75, 3.05) is 14.2 Å². The summed E-state index contributed by atoms with van der Waals surface area (Å²) in [6, 6.07) is 7.28. The monoisotopic (exact) mass is 390 g/mol. The highest BCUT2D eigenvalue weighted by atomic mass is 35.5. The van der Waals surface area contributed by atoms with Crippen LogP contribution in [-0.4, -0.2) is 30.2 Å². The molecule has 3 rings (SSSR count). The van der Waals surface area contributed by atoms with Crippen molar-refractivity contribution in [3.63, 3.8) is 0 Å². The van der Waals surface area contributed by atoms with Gasteiger partial charge in [-0.15, -0.1) is 11.3 Å². The first-order valence-electron chi connectivity index (χ1n) is 7.58. The number of aryl methyl sites for hydroxylation is 1. The van der Waals surface area contributed by atoms with E-state index >= 15 is 0 Å². The molecule has 0 aliphatic carbocycles. The van der Waals surface area contributed by atoms with Crippen LogP contribution in [0.4, 0.5) is 0 Å². The summed E-state index contributed by atoms with van der Waals surface area (Å²) >= 11 is 7.44. The molecule has 0 saturated heterocycles. The molecule has 0 radical (unpaired) electrons. The van der Waals surface area contributed by atoms with Crippen molar-refractivity contribution in [1.82, 2.24) is 9.97 Å². The normalized spacial score (nSPS) is 11.6. The molecule has 2 aromatic heterocycles. The van der Waals surface area contributed by atoms with E-state index in [9.17, 15) is 9.59 Å². The fourth-order valence-electron chi connectivity index (χ4n) is 2.46.